The fourth-order valence-electron chi connectivity index (χ4n) is 4.69. The van der Waals surface area contributed by atoms with Gasteiger partial charge in [-0.15, -0.1) is 0 Å². The molecule has 0 aliphatic heterocycles. The zero-order chi connectivity index (χ0) is 26.8. The third-order valence-corrected chi connectivity index (χ3v) is 6.72. The second-order valence-corrected chi connectivity index (χ2v) is 9.09. The third-order valence-electron chi connectivity index (χ3n) is 6.39. The Hall–Kier alpha value is -4.11. The Morgan fingerprint density at radius 1 is 0.868 bits per heavy atom. The van der Waals surface area contributed by atoms with Crippen LogP contribution >= 0.6 is 11.6 Å². The van der Waals surface area contributed by atoms with Crippen LogP contribution in [0.2, 0.25) is 5.02 Å². The summed E-state index contributed by atoms with van der Waals surface area (Å²) in [6.07, 6.45) is 0.405. The highest BCUT2D eigenvalue weighted by atomic mass is 35.5. The Kier molecular flexibility index (Phi) is 9.16. The summed E-state index contributed by atoms with van der Waals surface area (Å²) in [6.45, 7) is 0.954. The molecule has 0 bridgehead atoms. The van der Waals surface area contributed by atoms with Crippen LogP contribution < -0.4 is 14.8 Å². The van der Waals surface area contributed by atoms with Crippen molar-refractivity contribution >= 4 is 17.4 Å². The molecule has 1 N–H and O–H groups in total. The molecule has 0 unspecified atom stereocenters. The van der Waals surface area contributed by atoms with Crippen molar-refractivity contribution in [2.75, 3.05) is 20.3 Å². The fourth-order valence-corrected chi connectivity index (χ4v) is 4.96. The maximum atomic E-state index is 12.6. The second-order valence-electron chi connectivity index (χ2n) is 8.68. The van der Waals surface area contributed by atoms with Crippen molar-refractivity contribution in [1.29, 1.82) is 5.26 Å². The van der Waals surface area contributed by atoms with Gasteiger partial charge in [0.25, 0.3) is 0 Å². The average Bonchev–Trinajstić information content (AvgIpc) is 2.96. The Balaban J connectivity index is 1.60. The molecule has 0 fully saturated rings. The van der Waals surface area contributed by atoms with E-state index in [1.807, 2.05) is 60.7 Å². The maximum absolute atomic E-state index is 12.6. The van der Waals surface area contributed by atoms with Gasteiger partial charge in [-0.3, -0.25) is 10.1 Å². The van der Waals surface area contributed by atoms with Crippen molar-refractivity contribution in [2.45, 2.75) is 18.4 Å². The van der Waals surface area contributed by atoms with Crippen LogP contribution in [0.4, 0.5) is 0 Å². The Bertz CT molecular complexity index is 1360. The van der Waals surface area contributed by atoms with Gasteiger partial charge >= 0.3 is 0 Å². The number of halogens is 1. The van der Waals surface area contributed by atoms with Crippen molar-refractivity contribution < 1.29 is 14.3 Å². The number of nitriles is 1. The number of carbonyl (C=O) groups is 1. The minimum absolute atomic E-state index is 0.243. The highest BCUT2D eigenvalue weighted by Crippen LogP contribution is 2.40. The van der Waals surface area contributed by atoms with Crippen LogP contribution in [0.15, 0.2) is 103 Å². The van der Waals surface area contributed by atoms with Crippen molar-refractivity contribution in [3.8, 4) is 17.6 Å². The molecule has 0 aliphatic rings. The molecule has 6 heteroatoms. The number of carbonyl (C=O) groups excluding carboxylic acids is 1. The van der Waals surface area contributed by atoms with Gasteiger partial charge < -0.3 is 9.47 Å². The van der Waals surface area contributed by atoms with E-state index in [0.29, 0.717) is 41.7 Å². The van der Waals surface area contributed by atoms with E-state index in [2.05, 4.69) is 35.6 Å². The maximum Gasteiger partial charge on any atom is 0.184 e. The van der Waals surface area contributed by atoms with Crippen LogP contribution in [0.25, 0.3) is 0 Å². The average molecular weight is 525 g/mol. The summed E-state index contributed by atoms with van der Waals surface area (Å²) >= 11 is 6.80. The number of hydrogen-bond donors (Lipinski definition) is 1. The molecule has 0 heterocycles. The number of hydrogen-bond acceptors (Lipinski definition) is 5. The van der Waals surface area contributed by atoms with Gasteiger partial charge in [0.15, 0.2) is 5.78 Å². The molecule has 0 radical (unpaired) electrons. The molecule has 0 aromatic heterocycles. The van der Waals surface area contributed by atoms with Gasteiger partial charge in [-0.25, -0.2) is 0 Å². The van der Waals surface area contributed by atoms with Crippen molar-refractivity contribution in [2.24, 2.45) is 0 Å². The molecular weight excluding hydrogens is 496 g/mol. The third kappa shape index (κ3) is 5.73. The molecule has 0 amide bonds. The molecule has 4 aromatic rings. The minimum atomic E-state index is -0.690. The molecule has 4 rings (SSSR count). The van der Waals surface area contributed by atoms with Gasteiger partial charge in [0.2, 0.25) is 0 Å². The molecule has 4 aromatic carbocycles. The monoisotopic (exact) mass is 524 g/mol. The summed E-state index contributed by atoms with van der Waals surface area (Å²) in [5.74, 6) is 0.476. The van der Waals surface area contributed by atoms with Gasteiger partial charge in [-0.2, -0.15) is 5.26 Å². The first-order valence-corrected chi connectivity index (χ1v) is 12.8. The van der Waals surface area contributed by atoms with E-state index in [4.69, 9.17) is 26.3 Å². The molecule has 0 spiro atoms. The van der Waals surface area contributed by atoms with E-state index in [-0.39, 0.29) is 12.2 Å². The lowest BCUT2D eigenvalue weighted by atomic mass is 9.77. The number of ether oxygens (including phenoxy) is 2. The van der Waals surface area contributed by atoms with Crippen LogP contribution in [0.3, 0.4) is 0 Å². The second kappa shape index (κ2) is 12.9. The van der Waals surface area contributed by atoms with Crippen molar-refractivity contribution in [3.63, 3.8) is 0 Å². The van der Waals surface area contributed by atoms with Crippen LogP contribution in [-0.4, -0.2) is 26.0 Å². The normalized spacial score (nSPS) is 11.0. The van der Waals surface area contributed by atoms with E-state index in [1.54, 1.807) is 18.2 Å². The molecule has 38 heavy (non-hydrogen) atoms. The fraction of sp³-hybridized carbons (Fsp3) is 0.188. The standard InChI is InChI=1S/C32H29ClN2O3/c1-37-29-18-10-19-30(31(29)28(36)20-21-34)38-23-11-22-35-32(24-12-4-2-5-13-24,25-14-6-3-7-15-25)26-16-8-9-17-27(26)33/h2-10,12-19,35H,11,20,22-23H2,1H3. The van der Waals surface area contributed by atoms with E-state index in [1.165, 1.54) is 7.11 Å². The summed E-state index contributed by atoms with van der Waals surface area (Å²) in [6, 6.07) is 35.5. The number of methoxy groups -OCH3 is 1. The van der Waals surface area contributed by atoms with Gasteiger partial charge in [0.05, 0.1) is 31.7 Å². The van der Waals surface area contributed by atoms with Gasteiger partial charge in [-0.1, -0.05) is 96.5 Å². The zero-order valence-corrected chi connectivity index (χ0v) is 21.9. The number of benzene rings is 4. The highest BCUT2D eigenvalue weighted by Gasteiger charge is 2.37. The van der Waals surface area contributed by atoms with E-state index in [9.17, 15) is 4.79 Å². The predicted octanol–water partition coefficient (Wildman–Crippen LogP) is 6.80. The molecular formula is C32H29ClN2O3. The lowest BCUT2D eigenvalue weighted by Crippen LogP contribution is -2.45. The van der Waals surface area contributed by atoms with Gasteiger partial charge in [0.1, 0.15) is 17.1 Å². The van der Waals surface area contributed by atoms with Crippen molar-refractivity contribution in [1.82, 2.24) is 5.32 Å². The van der Waals surface area contributed by atoms with E-state index in [0.717, 1.165) is 16.7 Å². The summed E-state index contributed by atoms with van der Waals surface area (Å²) in [7, 11) is 1.49. The SMILES string of the molecule is COc1cccc(OCCCNC(c2ccccc2)(c2ccccc2)c2ccccc2Cl)c1C(=O)CC#N. The molecule has 0 aliphatic carbocycles. The smallest absolute Gasteiger partial charge is 0.184 e. The number of Topliss-reactive ketones (excluding diaryl/α,β-unsaturated/α-hetero) is 1. The Labute approximate surface area is 228 Å². The lowest BCUT2D eigenvalue weighted by Gasteiger charge is -2.37. The van der Waals surface area contributed by atoms with E-state index >= 15 is 0 Å². The van der Waals surface area contributed by atoms with Gasteiger partial charge in [-0.05, 0) is 47.9 Å². The summed E-state index contributed by atoms with van der Waals surface area (Å²) < 4.78 is 11.4. The summed E-state index contributed by atoms with van der Waals surface area (Å²) in [4.78, 5) is 12.6. The van der Waals surface area contributed by atoms with Gasteiger partial charge in [0, 0.05) is 5.02 Å². The first-order valence-electron chi connectivity index (χ1n) is 12.4. The molecule has 5 nitrogen and oxygen atoms in total. The van der Waals surface area contributed by atoms with Crippen molar-refractivity contribution in [3.05, 3.63) is 130 Å². The number of rotatable bonds is 12. The summed E-state index contributed by atoms with van der Waals surface area (Å²) in [5, 5.41) is 13.5. The highest BCUT2D eigenvalue weighted by molar-refractivity contribution is 6.31. The number of nitrogens with zero attached hydrogens (tertiary/aromatic N) is 1. The van der Waals surface area contributed by atoms with Crippen LogP contribution in [0.1, 0.15) is 39.9 Å². The minimum Gasteiger partial charge on any atom is -0.496 e. The predicted molar refractivity (Wildman–Crippen MR) is 150 cm³/mol. The Morgan fingerprint density at radius 2 is 1.47 bits per heavy atom. The van der Waals surface area contributed by atoms with E-state index < -0.39 is 5.54 Å². The molecule has 0 saturated heterocycles. The van der Waals surface area contributed by atoms with Crippen LogP contribution in [0, 0.1) is 11.3 Å². The quantitative estimate of drug-likeness (QED) is 0.125. The number of ketones is 1. The topological polar surface area (TPSA) is 71.3 Å². The van der Waals surface area contributed by atoms with Crippen LogP contribution in [0.5, 0.6) is 11.5 Å². The zero-order valence-electron chi connectivity index (χ0n) is 21.2. The first kappa shape index (κ1) is 26.9. The summed E-state index contributed by atoms with van der Waals surface area (Å²) in [5.41, 5.74) is 2.69. The molecule has 0 atom stereocenters. The molecule has 192 valence electrons. The largest absolute Gasteiger partial charge is 0.496 e. The van der Waals surface area contributed by atoms with Crippen LogP contribution in [-0.2, 0) is 5.54 Å². The first-order chi connectivity index (χ1) is 18.6. The Morgan fingerprint density at radius 3 is 2.08 bits per heavy atom. The lowest BCUT2D eigenvalue weighted by molar-refractivity contribution is 0.0990. The molecule has 0 saturated carbocycles. The number of nitrogens with one attached hydrogen (secondary N) is 1.